The lowest BCUT2D eigenvalue weighted by molar-refractivity contribution is 1.36. The van der Waals surface area contributed by atoms with Crippen molar-refractivity contribution in [3.05, 3.63) is 66.1 Å². The van der Waals surface area contributed by atoms with Gasteiger partial charge in [-0.05, 0) is 52.2 Å². The van der Waals surface area contributed by atoms with Gasteiger partial charge in [0.2, 0.25) is 0 Å². The number of aromatic amines is 1. The zero-order valence-electron chi connectivity index (χ0n) is 10.6. The minimum absolute atomic E-state index is 0.548. The number of nitrogens with one attached hydrogen (secondary N) is 1. The van der Waals surface area contributed by atoms with Crippen molar-refractivity contribution in [1.82, 2.24) is 9.97 Å². The smallest absolute Gasteiger partial charge is 0.136 e. The first-order valence-electron chi connectivity index (χ1n) is 6.43. The summed E-state index contributed by atoms with van der Waals surface area (Å²) >= 11 is 6.18. The fraction of sp³-hybridized carbons (Fsp3) is 0. The maximum Gasteiger partial charge on any atom is 0.136 e. The fourth-order valence-corrected chi connectivity index (χ4v) is 2.77. The van der Waals surface area contributed by atoms with Crippen molar-refractivity contribution in [3.8, 4) is 11.1 Å². The molecule has 1 N–H and O–H groups in total. The molecule has 0 aliphatic rings. The third-order valence-corrected chi connectivity index (χ3v) is 3.91. The summed E-state index contributed by atoms with van der Waals surface area (Å²) in [6, 6.07) is 16.7. The molecule has 0 aliphatic carbocycles. The van der Waals surface area contributed by atoms with E-state index in [0.29, 0.717) is 5.15 Å². The number of hydrogen-bond acceptors (Lipinski definition) is 1. The number of benzene rings is 2. The van der Waals surface area contributed by atoms with E-state index in [1.165, 1.54) is 10.9 Å². The first kappa shape index (κ1) is 11.5. The Kier molecular flexibility index (Phi) is 2.51. The lowest BCUT2D eigenvalue weighted by atomic mass is 10.0. The average Bonchev–Trinajstić information content (AvgIpc) is 2.95. The van der Waals surface area contributed by atoms with E-state index in [1.807, 2.05) is 12.3 Å². The van der Waals surface area contributed by atoms with Crippen LogP contribution in [0.5, 0.6) is 0 Å². The van der Waals surface area contributed by atoms with E-state index in [1.54, 1.807) is 6.20 Å². The van der Waals surface area contributed by atoms with Gasteiger partial charge in [-0.25, -0.2) is 4.98 Å². The number of pyridine rings is 1. The van der Waals surface area contributed by atoms with Crippen LogP contribution in [0.4, 0.5) is 0 Å². The van der Waals surface area contributed by atoms with E-state index < -0.39 is 0 Å². The number of H-pyrrole nitrogens is 1. The number of fused-ring (bicyclic) bond motifs is 2. The Morgan fingerprint density at radius 3 is 2.65 bits per heavy atom. The first-order valence-corrected chi connectivity index (χ1v) is 6.81. The van der Waals surface area contributed by atoms with Gasteiger partial charge in [-0.3, -0.25) is 0 Å². The molecule has 2 heterocycles. The zero-order valence-corrected chi connectivity index (χ0v) is 11.4. The molecule has 0 radical (unpaired) electrons. The Morgan fingerprint density at radius 1 is 0.850 bits per heavy atom. The summed E-state index contributed by atoms with van der Waals surface area (Å²) in [5.41, 5.74) is 3.48. The van der Waals surface area contributed by atoms with Crippen LogP contribution < -0.4 is 0 Å². The summed E-state index contributed by atoms with van der Waals surface area (Å²) < 4.78 is 0. The third-order valence-electron chi connectivity index (χ3n) is 3.60. The SMILES string of the molecule is Clc1nccc2ccc(-c3ccc4[nH]ccc4c3)cc12. The van der Waals surface area contributed by atoms with Gasteiger partial charge in [0.1, 0.15) is 5.15 Å². The zero-order chi connectivity index (χ0) is 13.5. The van der Waals surface area contributed by atoms with Gasteiger partial charge in [-0.1, -0.05) is 29.8 Å². The van der Waals surface area contributed by atoms with E-state index in [2.05, 4.69) is 52.4 Å². The maximum absolute atomic E-state index is 6.18. The quantitative estimate of drug-likeness (QED) is 0.486. The van der Waals surface area contributed by atoms with E-state index in [4.69, 9.17) is 11.6 Å². The summed E-state index contributed by atoms with van der Waals surface area (Å²) in [7, 11) is 0. The lowest BCUT2D eigenvalue weighted by Gasteiger charge is -2.05. The van der Waals surface area contributed by atoms with Gasteiger partial charge in [0.25, 0.3) is 0 Å². The van der Waals surface area contributed by atoms with Crippen molar-refractivity contribution in [1.29, 1.82) is 0 Å². The topological polar surface area (TPSA) is 28.7 Å². The summed E-state index contributed by atoms with van der Waals surface area (Å²) in [5.74, 6) is 0. The number of halogens is 1. The maximum atomic E-state index is 6.18. The highest BCUT2D eigenvalue weighted by atomic mass is 35.5. The Hall–Kier alpha value is -2.32. The van der Waals surface area contributed by atoms with Gasteiger partial charge < -0.3 is 4.98 Å². The Labute approximate surface area is 121 Å². The molecule has 0 fully saturated rings. The van der Waals surface area contributed by atoms with Crippen LogP contribution >= 0.6 is 11.6 Å². The number of hydrogen-bond donors (Lipinski definition) is 1. The Morgan fingerprint density at radius 2 is 1.70 bits per heavy atom. The highest BCUT2D eigenvalue weighted by molar-refractivity contribution is 6.34. The van der Waals surface area contributed by atoms with E-state index in [9.17, 15) is 0 Å². The van der Waals surface area contributed by atoms with E-state index >= 15 is 0 Å². The molecule has 0 amide bonds. The fourth-order valence-electron chi connectivity index (χ4n) is 2.55. The van der Waals surface area contributed by atoms with Crippen molar-refractivity contribution in [3.63, 3.8) is 0 Å². The van der Waals surface area contributed by atoms with Crippen LogP contribution in [-0.4, -0.2) is 9.97 Å². The average molecular weight is 279 g/mol. The number of nitrogens with zero attached hydrogens (tertiary/aromatic N) is 1. The first-order chi connectivity index (χ1) is 9.81. The normalized spacial score (nSPS) is 11.2. The molecule has 0 aliphatic heterocycles. The van der Waals surface area contributed by atoms with Gasteiger partial charge in [-0.15, -0.1) is 0 Å². The second-order valence-corrected chi connectivity index (χ2v) is 5.18. The molecule has 2 aromatic carbocycles. The summed E-state index contributed by atoms with van der Waals surface area (Å²) in [6.07, 6.45) is 3.69. The standard InChI is InChI=1S/C17H11ClN2/c18-17-15-10-13(2-1-11(15)5-8-20-17)12-3-4-16-14(9-12)6-7-19-16/h1-10,19H. The lowest BCUT2D eigenvalue weighted by Crippen LogP contribution is -1.82. The molecule has 2 nitrogen and oxygen atoms in total. The van der Waals surface area contributed by atoms with Gasteiger partial charge in [-0.2, -0.15) is 0 Å². The van der Waals surface area contributed by atoms with E-state index in [0.717, 1.165) is 21.9 Å². The molecule has 20 heavy (non-hydrogen) atoms. The molecule has 0 atom stereocenters. The van der Waals surface area contributed by atoms with Crippen LogP contribution in [0.1, 0.15) is 0 Å². The predicted molar refractivity (Wildman–Crippen MR) is 84.0 cm³/mol. The van der Waals surface area contributed by atoms with Crippen molar-refractivity contribution in [2.45, 2.75) is 0 Å². The van der Waals surface area contributed by atoms with Crippen LogP contribution in [0.2, 0.25) is 5.15 Å². The molecule has 4 aromatic rings. The summed E-state index contributed by atoms with van der Waals surface area (Å²) in [6.45, 7) is 0. The van der Waals surface area contributed by atoms with Gasteiger partial charge in [0.15, 0.2) is 0 Å². The minimum atomic E-state index is 0.548. The van der Waals surface area contributed by atoms with Crippen LogP contribution in [-0.2, 0) is 0 Å². The molecule has 0 saturated carbocycles. The van der Waals surface area contributed by atoms with Crippen LogP contribution in [0.25, 0.3) is 32.8 Å². The van der Waals surface area contributed by atoms with Crippen LogP contribution in [0.15, 0.2) is 60.9 Å². The van der Waals surface area contributed by atoms with Gasteiger partial charge >= 0.3 is 0 Å². The molecular formula is C17H11ClN2. The van der Waals surface area contributed by atoms with Crippen LogP contribution in [0.3, 0.4) is 0 Å². The predicted octanol–water partition coefficient (Wildman–Crippen LogP) is 5.04. The summed E-state index contributed by atoms with van der Waals surface area (Å²) in [4.78, 5) is 7.35. The molecular weight excluding hydrogens is 268 g/mol. The number of aromatic nitrogens is 2. The monoisotopic (exact) mass is 278 g/mol. The molecule has 0 bridgehead atoms. The van der Waals surface area contributed by atoms with Gasteiger partial charge in [0.05, 0.1) is 0 Å². The molecule has 0 saturated heterocycles. The molecule has 0 unspecified atom stereocenters. The van der Waals surface area contributed by atoms with Crippen molar-refractivity contribution >= 4 is 33.3 Å². The Balaban J connectivity index is 1.94. The highest BCUT2D eigenvalue weighted by Crippen LogP contribution is 2.29. The van der Waals surface area contributed by atoms with Crippen molar-refractivity contribution in [2.24, 2.45) is 0 Å². The minimum Gasteiger partial charge on any atom is -0.361 e. The largest absolute Gasteiger partial charge is 0.361 e. The molecule has 96 valence electrons. The van der Waals surface area contributed by atoms with Crippen molar-refractivity contribution in [2.75, 3.05) is 0 Å². The van der Waals surface area contributed by atoms with E-state index in [-0.39, 0.29) is 0 Å². The second kappa shape index (κ2) is 4.36. The summed E-state index contributed by atoms with van der Waals surface area (Å²) in [5, 5.41) is 3.85. The number of rotatable bonds is 1. The molecule has 0 spiro atoms. The Bertz CT molecular complexity index is 924. The third kappa shape index (κ3) is 1.77. The molecule has 2 aromatic heterocycles. The molecule has 3 heteroatoms. The second-order valence-electron chi connectivity index (χ2n) is 4.82. The van der Waals surface area contributed by atoms with Crippen molar-refractivity contribution < 1.29 is 0 Å². The highest BCUT2D eigenvalue weighted by Gasteiger charge is 2.04. The molecule has 4 rings (SSSR count). The van der Waals surface area contributed by atoms with Crippen LogP contribution in [0, 0.1) is 0 Å². The van der Waals surface area contributed by atoms with Gasteiger partial charge in [0, 0.05) is 23.3 Å².